The van der Waals surface area contributed by atoms with Crippen LogP contribution in [0.5, 0.6) is 5.75 Å². The van der Waals surface area contributed by atoms with Gasteiger partial charge in [-0.15, -0.1) is 0 Å². The molecule has 1 aromatic rings. The second-order valence-electron chi connectivity index (χ2n) is 4.54. The van der Waals surface area contributed by atoms with Crippen LogP contribution in [0.2, 0.25) is 19.6 Å². The molecule has 0 radical (unpaired) electrons. The van der Waals surface area contributed by atoms with Crippen molar-refractivity contribution in [2.75, 3.05) is 0 Å². The molecule has 0 heterocycles. The third-order valence-corrected chi connectivity index (χ3v) is 10.7. The SMILES string of the molecule is C[Si](C)(C)[O][Zn][O]c1ccc(C(Cl)(Cl)Cl)cc1. The number of halogens is 3. The molecule has 92 valence electrons. The van der Waals surface area contributed by atoms with E-state index < -0.39 is 30.0 Å². The molecule has 0 aliphatic carbocycles. The van der Waals surface area contributed by atoms with Crippen LogP contribution in [0.25, 0.3) is 0 Å². The molecule has 0 atom stereocenters. The zero-order valence-electron chi connectivity index (χ0n) is 9.97. The van der Waals surface area contributed by atoms with Crippen LogP contribution >= 0.6 is 34.8 Å². The molecule has 0 aliphatic heterocycles. The third kappa shape index (κ3) is 6.42. The van der Waals surface area contributed by atoms with Gasteiger partial charge in [0.1, 0.15) is 0 Å². The summed E-state index contributed by atoms with van der Waals surface area (Å²) in [5.41, 5.74) is 0.633. The van der Waals surface area contributed by atoms with Gasteiger partial charge < -0.3 is 0 Å². The second-order valence-corrected chi connectivity index (χ2v) is 14.3. The van der Waals surface area contributed by atoms with Gasteiger partial charge in [0, 0.05) is 0 Å². The third-order valence-electron chi connectivity index (χ3n) is 1.90. The molecule has 0 aliphatic rings. The van der Waals surface area contributed by atoms with Crippen molar-refractivity contribution in [3.8, 4) is 5.75 Å². The maximum atomic E-state index is 5.76. The first-order valence-corrected chi connectivity index (χ1v) is 12.1. The van der Waals surface area contributed by atoms with E-state index in [0.717, 1.165) is 5.75 Å². The van der Waals surface area contributed by atoms with Crippen LogP contribution in [0.1, 0.15) is 5.56 Å². The van der Waals surface area contributed by atoms with Crippen molar-refractivity contribution in [2.24, 2.45) is 0 Å². The predicted molar refractivity (Wildman–Crippen MR) is 70.7 cm³/mol. The summed E-state index contributed by atoms with van der Waals surface area (Å²) in [5.74, 6) is 0.779. The summed E-state index contributed by atoms with van der Waals surface area (Å²) < 4.78 is 10.00. The fraction of sp³-hybridized carbons (Fsp3) is 0.400. The molecule has 0 spiro atoms. The van der Waals surface area contributed by atoms with E-state index in [9.17, 15) is 0 Å². The van der Waals surface area contributed by atoms with E-state index in [0.29, 0.717) is 5.56 Å². The van der Waals surface area contributed by atoms with Crippen molar-refractivity contribution in [1.82, 2.24) is 0 Å². The summed E-state index contributed by atoms with van der Waals surface area (Å²) in [6.45, 7) is 6.44. The molecule has 0 N–H and O–H groups in total. The van der Waals surface area contributed by atoms with Crippen LogP contribution in [0.3, 0.4) is 0 Å². The molecular formula is C10H13Cl3O2SiZn. The Kier molecular flexibility index (Phi) is 5.77. The fourth-order valence-corrected chi connectivity index (χ4v) is 5.09. The number of hydrogen-bond acceptors (Lipinski definition) is 2. The molecule has 0 unspecified atom stereocenters. The van der Waals surface area contributed by atoms with Crippen LogP contribution in [0.4, 0.5) is 0 Å². The molecule has 0 aromatic heterocycles. The molecular weight excluding hydrogens is 352 g/mol. The number of benzene rings is 1. The number of alkyl halides is 3. The molecule has 1 aromatic carbocycles. The van der Waals surface area contributed by atoms with Gasteiger partial charge in [0.05, 0.1) is 0 Å². The Labute approximate surface area is 126 Å². The van der Waals surface area contributed by atoms with Crippen molar-refractivity contribution >= 4 is 43.1 Å². The molecule has 0 amide bonds. The van der Waals surface area contributed by atoms with Gasteiger partial charge in [0.15, 0.2) is 0 Å². The monoisotopic (exact) mass is 362 g/mol. The van der Waals surface area contributed by atoms with Crippen LogP contribution in [-0.2, 0) is 24.9 Å². The number of hydrogen-bond donors (Lipinski definition) is 0. The Morgan fingerprint density at radius 3 is 2.00 bits per heavy atom. The zero-order valence-corrected chi connectivity index (χ0v) is 16.2. The van der Waals surface area contributed by atoms with Crippen molar-refractivity contribution in [3.63, 3.8) is 0 Å². The Bertz CT molecular complexity index is 359. The first-order chi connectivity index (χ1) is 7.68. The summed E-state index contributed by atoms with van der Waals surface area (Å²) in [6.07, 6.45) is 0. The number of rotatable bonds is 4. The van der Waals surface area contributed by atoms with Gasteiger partial charge >= 0.3 is 127 Å². The first-order valence-electron chi connectivity index (χ1n) is 5.12. The Balaban J connectivity index is 2.52. The average molecular weight is 365 g/mol. The van der Waals surface area contributed by atoms with Gasteiger partial charge in [-0.3, -0.25) is 0 Å². The van der Waals surface area contributed by atoms with Crippen molar-refractivity contribution in [3.05, 3.63) is 29.8 Å². The van der Waals surface area contributed by atoms with E-state index in [4.69, 9.17) is 41.6 Å². The first kappa shape index (κ1) is 15.7. The minimum absolute atomic E-state index is 0.633. The predicted octanol–water partition coefficient (Wildman–Crippen LogP) is 4.66. The van der Waals surface area contributed by atoms with Crippen LogP contribution in [0.15, 0.2) is 24.3 Å². The van der Waals surface area contributed by atoms with E-state index in [1.54, 1.807) is 24.3 Å². The normalized spacial score (nSPS) is 12.1. The average Bonchev–Trinajstić information content (AvgIpc) is 2.15. The topological polar surface area (TPSA) is 18.5 Å². The van der Waals surface area contributed by atoms with Crippen molar-refractivity contribution in [1.29, 1.82) is 0 Å². The molecule has 0 fully saturated rings. The Morgan fingerprint density at radius 2 is 1.59 bits per heavy atom. The molecule has 1 rings (SSSR count). The van der Waals surface area contributed by atoms with Crippen molar-refractivity contribution in [2.45, 2.75) is 23.4 Å². The summed E-state index contributed by atoms with van der Waals surface area (Å²) in [5, 5.41) is 0. The summed E-state index contributed by atoms with van der Waals surface area (Å²) >= 11 is 15.9. The minimum atomic E-state index is -1.46. The van der Waals surface area contributed by atoms with E-state index in [1.165, 1.54) is 0 Å². The molecule has 17 heavy (non-hydrogen) atoms. The maximum absolute atomic E-state index is 5.76. The molecule has 2 nitrogen and oxygen atoms in total. The molecule has 0 saturated carbocycles. The van der Waals surface area contributed by atoms with Gasteiger partial charge in [0.2, 0.25) is 0 Å². The van der Waals surface area contributed by atoms with Gasteiger partial charge in [-0.1, -0.05) is 0 Å². The van der Waals surface area contributed by atoms with E-state index in [-0.39, 0.29) is 0 Å². The van der Waals surface area contributed by atoms with Crippen LogP contribution in [-0.4, -0.2) is 8.32 Å². The standard InChI is InChI=1S/C7H5Cl3O.C3H9OSi.Zn/c8-7(9,10)5-1-3-6(11)4-2-5;1-5(2,3)4;/h1-4,11H;1-3H3;/q;-1;+2/p-1. The van der Waals surface area contributed by atoms with Gasteiger partial charge in [-0.25, -0.2) is 0 Å². The Hall–Kier alpha value is 0.690. The molecule has 0 saturated heterocycles. The zero-order chi connectivity index (χ0) is 13.1. The van der Waals surface area contributed by atoms with E-state index in [2.05, 4.69) is 19.6 Å². The quantitative estimate of drug-likeness (QED) is 0.571. The van der Waals surface area contributed by atoms with Crippen LogP contribution in [0, 0.1) is 0 Å². The van der Waals surface area contributed by atoms with E-state index >= 15 is 0 Å². The summed E-state index contributed by atoms with van der Waals surface area (Å²) in [4.78, 5) is 0. The molecule has 0 bridgehead atoms. The van der Waals surface area contributed by atoms with Crippen molar-refractivity contribution < 1.29 is 24.7 Å². The van der Waals surface area contributed by atoms with Gasteiger partial charge in [-0.2, -0.15) is 0 Å². The van der Waals surface area contributed by atoms with Crippen LogP contribution < -0.4 is 3.56 Å². The summed E-state index contributed by atoms with van der Waals surface area (Å²) in [6, 6.07) is 7.10. The van der Waals surface area contributed by atoms with Gasteiger partial charge in [-0.05, 0) is 0 Å². The Morgan fingerprint density at radius 1 is 1.06 bits per heavy atom. The van der Waals surface area contributed by atoms with E-state index in [1.807, 2.05) is 0 Å². The van der Waals surface area contributed by atoms with Gasteiger partial charge in [0.25, 0.3) is 0 Å². The summed E-state index contributed by atoms with van der Waals surface area (Å²) in [7, 11) is -1.46. The second kappa shape index (κ2) is 6.23. The fourth-order valence-electron chi connectivity index (χ4n) is 1.01. The molecule has 7 heteroatoms.